The highest BCUT2D eigenvalue weighted by atomic mass is 16.5. The summed E-state index contributed by atoms with van der Waals surface area (Å²) in [5, 5.41) is 2.88. The number of carbonyl (C=O) groups excluding carboxylic acids is 3. The molecule has 7 heteroatoms. The molecule has 2 aliphatic rings. The SMILES string of the molecule is Cc1ccc(CN(C)C(=O)COC(=O)c2ccc3c(c2)NC(=O)[C@H]2CCCN32)cc1. The summed E-state index contributed by atoms with van der Waals surface area (Å²) in [5.41, 5.74) is 4.00. The van der Waals surface area contributed by atoms with Crippen LogP contribution < -0.4 is 10.2 Å². The second-order valence-electron chi connectivity index (χ2n) is 7.88. The van der Waals surface area contributed by atoms with Gasteiger partial charge in [0.05, 0.1) is 16.9 Å². The van der Waals surface area contributed by atoms with E-state index in [0.717, 1.165) is 36.2 Å². The zero-order valence-electron chi connectivity index (χ0n) is 17.2. The summed E-state index contributed by atoms with van der Waals surface area (Å²) in [4.78, 5) is 40.6. The van der Waals surface area contributed by atoms with Crippen LogP contribution in [0.4, 0.5) is 11.4 Å². The van der Waals surface area contributed by atoms with Gasteiger partial charge < -0.3 is 19.9 Å². The van der Waals surface area contributed by atoms with Crippen molar-refractivity contribution in [2.24, 2.45) is 0 Å². The number of rotatable bonds is 5. The van der Waals surface area contributed by atoms with Crippen LogP contribution >= 0.6 is 0 Å². The molecule has 1 fully saturated rings. The van der Waals surface area contributed by atoms with Crippen molar-refractivity contribution in [2.75, 3.05) is 30.4 Å². The molecule has 0 spiro atoms. The Hall–Kier alpha value is -3.35. The quantitative estimate of drug-likeness (QED) is 0.771. The largest absolute Gasteiger partial charge is 0.452 e. The van der Waals surface area contributed by atoms with Gasteiger partial charge in [-0.25, -0.2) is 4.79 Å². The molecule has 2 aromatic carbocycles. The van der Waals surface area contributed by atoms with Crippen molar-refractivity contribution in [3.05, 3.63) is 59.2 Å². The van der Waals surface area contributed by atoms with Crippen LogP contribution in [0.5, 0.6) is 0 Å². The van der Waals surface area contributed by atoms with Gasteiger partial charge in [0.15, 0.2) is 6.61 Å². The lowest BCUT2D eigenvalue weighted by atomic mass is 10.1. The Morgan fingerprint density at radius 2 is 1.97 bits per heavy atom. The van der Waals surface area contributed by atoms with Crippen molar-refractivity contribution >= 4 is 29.2 Å². The molecule has 0 radical (unpaired) electrons. The maximum Gasteiger partial charge on any atom is 0.338 e. The number of ether oxygens (including phenoxy) is 1. The van der Waals surface area contributed by atoms with E-state index in [-0.39, 0.29) is 24.5 Å². The fourth-order valence-electron chi connectivity index (χ4n) is 3.93. The third-order valence-electron chi connectivity index (χ3n) is 5.65. The molecule has 2 aliphatic heterocycles. The Morgan fingerprint density at radius 1 is 1.20 bits per heavy atom. The van der Waals surface area contributed by atoms with Crippen molar-refractivity contribution in [3.8, 4) is 0 Å². The fourth-order valence-corrected chi connectivity index (χ4v) is 3.93. The highest BCUT2D eigenvalue weighted by Crippen LogP contribution is 2.37. The lowest BCUT2D eigenvalue weighted by Crippen LogP contribution is -2.43. The Balaban J connectivity index is 1.36. The Labute approximate surface area is 175 Å². The van der Waals surface area contributed by atoms with Crippen LogP contribution in [0.1, 0.15) is 34.3 Å². The topological polar surface area (TPSA) is 79.0 Å². The zero-order chi connectivity index (χ0) is 21.3. The number of amides is 2. The summed E-state index contributed by atoms with van der Waals surface area (Å²) >= 11 is 0. The van der Waals surface area contributed by atoms with Crippen molar-refractivity contribution < 1.29 is 19.1 Å². The van der Waals surface area contributed by atoms with Gasteiger partial charge in [-0.1, -0.05) is 29.8 Å². The minimum Gasteiger partial charge on any atom is -0.452 e. The van der Waals surface area contributed by atoms with Gasteiger partial charge >= 0.3 is 5.97 Å². The van der Waals surface area contributed by atoms with E-state index in [2.05, 4.69) is 10.2 Å². The highest BCUT2D eigenvalue weighted by molar-refractivity contribution is 6.05. The molecule has 0 aliphatic carbocycles. The fraction of sp³-hybridized carbons (Fsp3) is 0.348. The van der Waals surface area contributed by atoms with E-state index < -0.39 is 5.97 Å². The molecule has 1 N–H and O–H groups in total. The number of hydrogen-bond acceptors (Lipinski definition) is 5. The van der Waals surface area contributed by atoms with Gasteiger partial charge in [-0.2, -0.15) is 0 Å². The van der Waals surface area contributed by atoms with Crippen LogP contribution in [0.15, 0.2) is 42.5 Å². The van der Waals surface area contributed by atoms with Gasteiger partial charge in [0.2, 0.25) is 5.91 Å². The van der Waals surface area contributed by atoms with Crippen molar-refractivity contribution in [2.45, 2.75) is 32.4 Å². The van der Waals surface area contributed by atoms with E-state index in [1.807, 2.05) is 37.3 Å². The van der Waals surface area contributed by atoms with E-state index in [4.69, 9.17) is 4.74 Å². The van der Waals surface area contributed by atoms with Gasteiger partial charge in [-0.05, 0) is 43.5 Å². The summed E-state index contributed by atoms with van der Waals surface area (Å²) in [6.45, 7) is 2.95. The number of nitrogens with one attached hydrogen (secondary N) is 1. The lowest BCUT2D eigenvalue weighted by molar-refractivity contribution is -0.133. The van der Waals surface area contributed by atoms with E-state index >= 15 is 0 Å². The molecular formula is C23H25N3O4. The number of benzene rings is 2. The van der Waals surface area contributed by atoms with E-state index in [1.54, 1.807) is 19.2 Å². The first-order valence-electron chi connectivity index (χ1n) is 10.1. The van der Waals surface area contributed by atoms with Gasteiger partial charge in [-0.15, -0.1) is 0 Å². The predicted molar refractivity (Wildman–Crippen MR) is 113 cm³/mol. The summed E-state index contributed by atoms with van der Waals surface area (Å²) in [7, 11) is 1.68. The van der Waals surface area contributed by atoms with Gasteiger partial charge in [0.1, 0.15) is 6.04 Å². The number of anilines is 2. The van der Waals surface area contributed by atoms with Crippen molar-refractivity contribution in [1.82, 2.24) is 4.90 Å². The molecule has 30 heavy (non-hydrogen) atoms. The van der Waals surface area contributed by atoms with E-state index in [9.17, 15) is 14.4 Å². The average molecular weight is 407 g/mol. The molecule has 1 saturated heterocycles. The number of nitrogens with zero attached hydrogens (tertiary/aromatic N) is 2. The number of likely N-dealkylation sites (N-methyl/N-ethyl adjacent to an activating group) is 1. The molecule has 0 bridgehead atoms. The molecular weight excluding hydrogens is 382 g/mol. The summed E-state index contributed by atoms with van der Waals surface area (Å²) in [6.07, 6.45) is 1.81. The molecule has 4 rings (SSSR count). The van der Waals surface area contributed by atoms with Gasteiger partial charge in [0, 0.05) is 20.1 Å². The number of esters is 1. The third kappa shape index (κ3) is 4.01. The van der Waals surface area contributed by atoms with Crippen LogP contribution in [-0.4, -0.2) is 48.9 Å². The highest BCUT2D eigenvalue weighted by Gasteiger charge is 2.36. The Bertz CT molecular complexity index is 986. The van der Waals surface area contributed by atoms with Crippen LogP contribution in [0.3, 0.4) is 0 Å². The first-order chi connectivity index (χ1) is 14.4. The number of fused-ring (bicyclic) bond motifs is 3. The van der Waals surface area contributed by atoms with Crippen LogP contribution in [0, 0.1) is 6.92 Å². The predicted octanol–water partition coefficient (Wildman–Crippen LogP) is 2.73. The molecule has 2 aromatic rings. The smallest absolute Gasteiger partial charge is 0.338 e. The number of carbonyl (C=O) groups is 3. The second-order valence-corrected chi connectivity index (χ2v) is 7.88. The Morgan fingerprint density at radius 3 is 2.73 bits per heavy atom. The second kappa shape index (κ2) is 8.18. The van der Waals surface area contributed by atoms with Crippen LogP contribution in [0.2, 0.25) is 0 Å². The maximum absolute atomic E-state index is 12.4. The number of hydrogen-bond donors (Lipinski definition) is 1. The molecule has 2 amide bonds. The summed E-state index contributed by atoms with van der Waals surface area (Å²) in [6, 6.07) is 12.9. The normalized spacial score (nSPS) is 17.1. The third-order valence-corrected chi connectivity index (χ3v) is 5.65. The van der Waals surface area contributed by atoms with E-state index in [1.165, 1.54) is 4.90 Å². The zero-order valence-corrected chi connectivity index (χ0v) is 17.2. The first-order valence-corrected chi connectivity index (χ1v) is 10.1. The molecule has 0 aromatic heterocycles. The minimum absolute atomic E-state index is 0.0431. The monoisotopic (exact) mass is 407 g/mol. The minimum atomic E-state index is -0.590. The van der Waals surface area contributed by atoms with Crippen LogP contribution in [0.25, 0.3) is 0 Å². The lowest BCUT2D eigenvalue weighted by Gasteiger charge is -2.33. The summed E-state index contributed by atoms with van der Waals surface area (Å²) < 4.78 is 5.22. The molecule has 156 valence electrons. The van der Waals surface area contributed by atoms with Crippen molar-refractivity contribution in [3.63, 3.8) is 0 Å². The van der Waals surface area contributed by atoms with Crippen LogP contribution in [-0.2, 0) is 20.9 Å². The summed E-state index contributed by atoms with van der Waals surface area (Å²) in [5.74, 6) is -0.916. The maximum atomic E-state index is 12.4. The standard InChI is InChI=1S/C23H25N3O4/c1-15-5-7-16(8-6-15)13-25(2)21(27)14-30-23(29)17-9-10-19-18(12-17)24-22(28)20-4-3-11-26(19)20/h5-10,12,20H,3-4,11,13-14H2,1-2H3,(H,24,28)/t20-/m1/s1. The van der Waals surface area contributed by atoms with E-state index in [0.29, 0.717) is 17.8 Å². The number of aryl methyl sites for hydroxylation is 1. The van der Waals surface area contributed by atoms with Crippen molar-refractivity contribution in [1.29, 1.82) is 0 Å². The molecule has 2 heterocycles. The van der Waals surface area contributed by atoms with Gasteiger partial charge in [0.25, 0.3) is 5.91 Å². The molecule has 7 nitrogen and oxygen atoms in total. The first kappa shape index (κ1) is 19.9. The molecule has 0 unspecified atom stereocenters. The molecule has 1 atom stereocenters. The molecule has 0 saturated carbocycles. The van der Waals surface area contributed by atoms with Gasteiger partial charge in [-0.3, -0.25) is 9.59 Å². The average Bonchev–Trinajstić information content (AvgIpc) is 3.24. The Kier molecular flexibility index (Phi) is 5.44.